The Bertz CT molecular complexity index is 1810. The molecule has 0 saturated carbocycles. The van der Waals surface area contributed by atoms with E-state index in [2.05, 4.69) is 45.4 Å². The third-order valence-electron chi connectivity index (χ3n) is 8.14. The van der Waals surface area contributed by atoms with Crippen LogP contribution in [-0.2, 0) is 16.6 Å². The van der Waals surface area contributed by atoms with Gasteiger partial charge in [-0.3, -0.25) is 4.79 Å². The van der Waals surface area contributed by atoms with Crippen LogP contribution in [0.3, 0.4) is 0 Å². The third-order valence-corrected chi connectivity index (χ3v) is 9.47. The Hall–Kier alpha value is -4.58. The fourth-order valence-corrected chi connectivity index (χ4v) is 6.41. The van der Waals surface area contributed by atoms with Crippen molar-refractivity contribution in [3.8, 4) is 22.9 Å². The summed E-state index contributed by atoms with van der Waals surface area (Å²) in [6, 6.07) is 13.1. The summed E-state index contributed by atoms with van der Waals surface area (Å²) in [6.07, 6.45) is 3.13. The van der Waals surface area contributed by atoms with Gasteiger partial charge in [-0.15, -0.1) is 0 Å². The highest BCUT2D eigenvalue weighted by molar-refractivity contribution is 7.92. The Morgan fingerprint density at radius 1 is 0.978 bits per heavy atom. The molecule has 0 spiro atoms. The summed E-state index contributed by atoms with van der Waals surface area (Å²) >= 11 is 0. The van der Waals surface area contributed by atoms with Gasteiger partial charge in [-0.2, -0.15) is 4.98 Å². The number of nitrogens with zero attached hydrogens (tertiary/aromatic N) is 5. The molecule has 2 atom stereocenters. The number of fused-ring (bicyclic) bond motifs is 4. The number of amides is 1. The molecule has 12 heteroatoms. The zero-order valence-corrected chi connectivity index (χ0v) is 28.0. The molecule has 1 N–H and O–H groups in total. The van der Waals surface area contributed by atoms with Crippen molar-refractivity contribution in [2.45, 2.75) is 72.1 Å². The van der Waals surface area contributed by atoms with Crippen molar-refractivity contribution >= 4 is 21.9 Å². The van der Waals surface area contributed by atoms with E-state index in [1.807, 2.05) is 45.9 Å². The van der Waals surface area contributed by atoms with E-state index in [-0.39, 0.29) is 59.3 Å². The van der Waals surface area contributed by atoms with Crippen LogP contribution in [0, 0.1) is 25.7 Å². The number of hydrogen-bond donors (Lipinski definition) is 1. The molecule has 0 fully saturated rings. The van der Waals surface area contributed by atoms with E-state index in [0.29, 0.717) is 17.3 Å². The number of rotatable bonds is 7. The maximum atomic E-state index is 14.3. The number of ether oxygens (including phenoxy) is 2. The van der Waals surface area contributed by atoms with Gasteiger partial charge in [-0.05, 0) is 68.9 Å². The van der Waals surface area contributed by atoms with Gasteiger partial charge >= 0.3 is 0 Å². The number of anilines is 1. The van der Waals surface area contributed by atoms with Crippen LogP contribution >= 0.6 is 0 Å². The molecule has 242 valence electrons. The summed E-state index contributed by atoms with van der Waals surface area (Å²) in [5.41, 5.74) is 3.51. The van der Waals surface area contributed by atoms with E-state index in [9.17, 15) is 13.2 Å². The lowest BCUT2D eigenvalue weighted by atomic mass is 9.89. The standard InChI is InChI=1S/C34H40N6O5S/c1-20(2)24(7)29-19-44-31-15-28(32-22(5)10-8-11-23(32)6)37-34(38-31)39-46(42,43)27-13-9-12-25(14-27)33(41)40(29)18-30-35-16-26(17-36-30)45-21(3)4/h8-17,20-21,24,29H,18-19H2,1-7H3,(H,37,38,39)/t24-,29-/m1/s1. The first-order valence-electron chi connectivity index (χ1n) is 15.3. The predicted octanol–water partition coefficient (Wildman–Crippen LogP) is 5.83. The normalized spacial score (nSPS) is 16.9. The molecule has 4 aromatic rings. The summed E-state index contributed by atoms with van der Waals surface area (Å²) in [5, 5.41) is 0. The number of nitrogens with one attached hydrogen (secondary N) is 1. The fourth-order valence-electron chi connectivity index (χ4n) is 5.42. The van der Waals surface area contributed by atoms with Gasteiger partial charge in [0, 0.05) is 17.2 Å². The number of carbonyl (C=O) groups excluding carboxylic acids is 1. The molecule has 46 heavy (non-hydrogen) atoms. The molecule has 2 aromatic heterocycles. The zero-order chi connectivity index (χ0) is 33.2. The second-order valence-electron chi connectivity index (χ2n) is 12.2. The van der Waals surface area contributed by atoms with E-state index in [1.165, 1.54) is 12.1 Å². The van der Waals surface area contributed by atoms with E-state index < -0.39 is 16.1 Å². The quantitative estimate of drug-likeness (QED) is 0.263. The summed E-state index contributed by atoms with van der Waals surface area (Å²) in [5.74, 6) is 0.725. The highest BCUT2D eigenvalue weighted by Gasteiger charge is 2.33. The average Bonchev–Trinajstić information content (AvgIpc) is 3.00. The SMILES string of the molecule is Cc1cccc(C)c1-c1cc2nc(n1)NS(=O)(=O)c1cccc(c1)C(=O)N(Cc1ncc(OC(C)C)cn1)[C@@H]([C@H](C)C(C)C)CO2. The largest absolute Gasteiger partial charge is 0.488 e. The molecule has 2 aromatic carbocycles. The second kappa shape index (κ2) is 13.4. The number of sulfonamides is 1. The van der Waals surface area contributed by atoms with Crippen molar-refractivity contribution < 1.29 is 22.7 Å². The minimum Gasteiger partial charge on any atom is -0.488 e. The van der Waals surface area contributed by atoms with Crippen LogP contribution in [0.25, 0.3) is 11.3 Å². The average molecular weight is 645 g/mol. The molecule has 1 aliphatic rings. The fraction of sp³-hybridized carbons (Fsp3) is 0.382. The molecule has 0 radical (unpaired) electrons. The molecule has 1 aliphatic heterocycles. The highest BCUT2D eigenvalue weighted by atomic mass is 32.2. The molecule has 0 saturated heterocycles. The van der Waals surface area contributed by atoms with Crippen LogP contribution in [0.15, 0.2) is 65.8 Å². The first kappa shape index (κ1) is 32.8. The number of aryl methyl sites for hydroxylation is 2. The smallest absolute Gasteiger partial charge is 0.264 e. The maximum absolute atomic E-state index is 14.3. The summed E-state index contributed by atoms with van der Waals surface area (Å²) in [6.45, 7) is 14.1. The Labute approximate surface area is 270 Å². The van der Waals surface area contributed by atoms with E-state index in [1.54, 1.807) is 35.5 Å². The Balaban J connectivity index is 1.65. The summed E-state index contributed by atoms with van der Waals surface area (Å²) in [4.78, 5) is 33.9. The van der Waals surface area contributed by atoms with E-state index in [4.69, 9.17) is 9.47 Å². The minimum absolute atomic E-state index is 0.0398. The lowest BCUT2D eigenvalue weighted by Crippen LogP contribution is -2.48. The van der Waals surface area contributed by atoms with E-state index >= 15 is 0 Å². The molecule has 0 aliphatic carbocycles. The van der Waals surface area contributed by atoms with Crippen LogP contribution in [0.5, 0.6) is 11.6 Å². The lowest BCUT2D eigenvalue weighted by molar-refractivity contribution is 0.0425. The van der Waals surface area contributed by atoms with Crippen molar-refractivity contribution in [3.05, 3.63) is 83.4 Å². The molecule has 1 amide bonds. The maximum Gasteiger partial charge on any atom is 0.264 e. The second-order valence-corrected chi connectivity index (χ2v) is 13.9. The highest BCUT2D eigenvalue weighted by Crippen LogP contribution is 2.31. The molecule has 5 rings (SSSR count). The van der Waals surface area contributed by atoms with Crippen molar-refractivity contribution in [1.82, 2.24) is 24.8 Å². The van der Waals surface area contributed by atoms with Gasteiger partial charge in [0.2, 0.25) is 11.8 Å². The molecule has 11 nitrogen and oxygen atoms in total. The first-order chi connectivity index (χ1) is 21.8. The third kappa shape index (κ3) is 7.28. The summed E-state index contributed by atoms with van der Waals surface area (Å²) in [7, 11) is -4.18. The first-order valence-corrected chi connectivity index (χ1v) is 16.8. The van der Waals surface area contributed by atoms with Crippen LogP contribution in [0.2, 0.25) is 0 Å². The van der Waals surface area contributed by atoms with Crippen molar-refractivity contribution in [2.75, 3.05) is 11.3 Å². The monoisotopic (exact) mass is 644 g/mol. The van der Waals surface area contributed by atoms with Gasteiger partial charge in [-0.25, -0.2) is 28.1 Å². The Kier molecular flexibility index (Phi) is 9.57. The van der Waals surface area contributed by atoms with Gasteiger partial charge in [0.05, 0.1) is 41.7 Å². The molecular formula is C34H40N6O5S. The number of aromatic nitrogens is 4. The molecule has 3 heterocycles. The topological polar surface area (TPSA) is 136 Å². The number of benzene rings is 2. The Morgan fingerprint density at radius 2 is 1.65 bits per heavy atom. The lowest BCUT2D eigenvalue weighted by Gasteiger charge is -2.37. The van der Waals surface area contributed by atoms with Gasteiger partial charge < -0.3 is 14.4 Å². The van der Waals surface area contributed by atoms with Gasteiger partial charge in [0.1, 0.15) is 12.4 Å². The molecular weight excluding hydrogens is 604 g/mol. The number of hydrogen-bond acceptors (Lipinski definition) is 9. The van der Waals surface area contributed by atoms with Gasteiger partial charge in [-0.1, -0.05) is 45.0 Å². The van der Waals surface area contributed by atoms with Crippen molar-refractivity contribution in [1.29, 1.82) is 0 Å². The summed E-state index contributed by atoms with van der Waals surface area (Å²) < 4.78 is 41.8. The van der Waals surface area contributed by atoms with Crippen molar-refractivity contribution in [3.63, 3.8) is 0 Å². The van der Waals surface area contributed by atoms with Crippen LogP contribution in [0.4, 0.5) is 5.95 Å². The van der Waals surface area contributed by atoms with Crippen LogP contribution in [0.1, 0.15) is 61.9 Å². The van der Waals surface area contributed by atoms with Crippen LogP contribution in [-0.4, -0.2) is 57.9 Å². The van der Waals surface area contributed by atoms with Gasteiger partial charge in [0.15, 0.2) is 5.75 Å². The predicted molar refractivity (Wildman–Crippen MR) is 175 cm³/mol. The zero-order valence-electron chi connectivity index (χ0n) is 27.2. The van der Waals surface area contributed by atoms with E-state index in [0.717, 1.165) is 16.7 Å². The number of carbonyl (C=O) groups is 1. The van der Waals surface area contributed by atoms with Crippen LogP contribution < -0.4 is 14.2 Å². The van der Waals surface area contributed by atoms with Crippen molar-refractivity contribution in [2.24, 2.45) is 11.8 Å². The Morgan fingerprint density at radius 3 is 2.30 bits per heavy atom. The molecule has 4 bridgehead atoms. The minimum atomic E-state index is -4.18. The molecule has 0 unspecified atom stereocenters. The van der Waals surface area contributed by atoms with Gasteiger partial charge in [0.25, 0.3) is 15.9 Å².